The molecule has 0 radical (unpaired) electrons. The fraction of sp³-hybridized carbons (Fsp3) is 0.217. The summed E-state index contributed by atoms with van der Waals surface area (Å²) < 4.78 is 8.17. The molecule has 0 spiro atoms. The van der Waals surface area contributed by atoms with Gasteiger partial charge in [-0.15, -0.1) is 11.3 Å². The summed E-state index contributed by atoms with van der Waals surface area (Å²) in [4.78, 5) is 17.7. The van der Waals surface area contributed by atoms with E-state index in [1.54, 1.807) is 17.4 Å². The predicted molar refractivity (Wildman–Crippen MR) is 119 cm³/mol. The number of hydrogen-bond acceptors (Lipinski definition) is 5. The van der Waals surface area contributed by atoms with E-state index in [1.165, 1.54) is 4.88 Å². The number of hydrogen-bond donors (Lipinski definition) is 2. The lowest BCUT2D eigenvalue weighted by Gasteiger charge is -2.24. The van der Waals surface area contributed by atoms with Crippen molar-refractivity contribution in [1.29, 1.82) is 0 Å². The molecule has 1 saturated heterocycles. The number of carbonyl (C=O) groups excluding carboxylic acids is 1. The van der Waals surface area contributed by atoms with Crippen molar-refractivity contribution in [1.82, 2.24) is 14.9 Å². The first-order chi connectivity index (χ1) is 14.7. The average Bonchev–Trinajstić information content (AvgIpc) is 3.42. The van der Waals surface area contributed by atoms with Crippen molar-refractivity contribution in [2.75, 3.05) is 19.7 Å². The zero-order valence-electron chi connectivity index (χ0n) is 16.4. The van der Waals surface area contributed by atoms with Crippen molar-refractivity contribution >= 4 is 28.1 Å². The molecule has 0 aliphatic carbocycles. The van der Waals surface area contributed by atoms with Crippen molar-refractivity contribution in [2.24, 2.45) is 5.73 Å². The van der Waals surface area contributed by atoms with Crippen LogP contribution in [-0.4, -0.2) is 35.2 Å². The Kier molecular flexibility index (Phi) is 5.08. The van der Waals surface area contributed by atoms with Crippen molar-refractivity contribution in [2.45, 2.75) is 12.6 Å². The molecule has 6 nitrogen and oxygen atoms in total. The summed E-state index contributed by atoms with van der Waals surface area (Å²) in [7, 11) is 0. The van der Waals surface area contributed by atoms with E-state index in [0.717, 1.165) is 47.4 Å². The van der Waals surface area contributed by atoms with Crippen LogP contribution in [-0.2, 0) is 11.3 Å². The number of nitrogens with two attached hydrogens (primary N) is 1. The number of thiophene rings is 1. The predicted octanol–water partition coefficient (Wildman–Crippen LogP) is 3.57. The number of nitrogens with zero attached hydrogens (tertiary/aromatic N) is 2. The maximum atomic E-state index is 11.8. The molecule has 1 aliphatic rings. The highest BCUT2D eigenvalue weighted by atomic mass is 32.1. The van der Waals surface area contributed by atoms with Crippen LogP contribution in [0.1, 0.15) is 27.0 Å². The first-order valence-electron chi connectivity index (χ1n) is 9.93. The van der Waals surface area contributed by atoms with Crippen LogP contribution in [0.3, 0.4) is 0 Å². The number of fused-ring (bicyclic) bond motifs is 1. The molecule has 1 amide bonds. The number of amides is 1. The third-order valence-corrected chi connectivity index (χ3v) is 6.30. The Morgan fingerprint density at radius 2 is 2.20 bits per heavy atom. The topological polar surface area (TPSA) is 82.2 Å². The largest absolute Gasteiger partial charge is 0.369 e. The van der Waals surface area contributed by atoms with Gasteiger partial charge in [0.05, 0.1) is 18.8 Å². The number of carbonyl (C=O) groups is 1. The van der Waals surface area contributed by atoms with E-state index < -0.39 is 5.91 Å². The number of ether oxygens (including phenoxy) is 1. The first kappa shape index (κ1) is 19.0. The van der Waals surface area contributed by atoms with Crippen molar-refractivity contribution < 1.29 is 9.53 Å². The van der Waals surface area contributed by atoms with Crippen LogP contribution in [0.15, 0.2) is 60.2 Å². The summed E-state index contributed by atoms with van der Waals surface area (Å²) in [6.45, 7) is 2.99. The molecule has 1 aliphatic heterocycles. The van der Waals surface area contributed by atoms with Gasteiger partial charge in [0.2, 0.25) is 5.91 Å². The molecule has 3 aromatic heterocycles. The molecular formula is C23H22N4O2S. The minimum absolute atomic E-state index is 0.0875. The van der Waals surface area contributed by atoms with Crippen molar-refractivity contribution in [3.05, 3.63) is 76.4 Å². The third-order valence-electron chi connectivity index (χ3n) is 5.43. The summed E-state index contributed by atoms with van der Waals surface area (Å²) in [5.41, 5.74) is 10.1. The second kappa shape index (κ2) is 8.02. The quantitative estimate of drug-likeness (QED) is 0.519. The van der Waals surface area contributed by atoms with E-state index in [0.29, 0.717) is 12.2 Å². The lowest BCUT2D eigenvalue weighted by molar-refractivity contribution is 0.0254. The summed E-state index contributed by atoms with van der Waals surface area (Å²) in [5, 5.41) is 6.52. The van der Waals surface area contributed by atoms with Gasteiger partial charge in [0.25, 0.3) is 0 Å². The van der Waals surface area contributed by atoms with Crippen LogP contribution < -0.4 is 11.1 Å². The number of benzene rings is 1. The molecule has 4 aromatic rings. The SMILES string of the molecule is NC(=O)c1ccc2c(-c3cccnc3C3CNCCO3)cn(Cc3cccs3)c2c1. The third kappa shape index (κ3) is 3.52. The molecule has 1 atom stereocenters. The standard InChI is InChI=1S/C23H22N4O2S/c24-23(28)15-5-6-17-19(14-27(20(17)11-15)13-16-3-2-10-30-16)18-4-1-7-26-22(18)21-12-25-8-9-29-21/h1-7,10-11,14,21,25H,8-9,12-13H2,(H2,24,28). The molecule has 1 aromatic carbocycles. The highest BCUT2D eigenvalue weighted by Crippen LogP contribution is 2.36. The Hall–Kier alpha value is -3.00. The summed E-state index contributed by atoms with van der Waals surface area (Å²) in [6.07, 6.45) is 3.87. The number of aromatic nitrogens is 2. The Balaban J connectivity index is 1.67. The fourth-order valence-electron chi connectivity index (χ4n) is 4.00. The van der Waals surface area contributed by atoms with Crippen molar-refractivity contribution in [3.8, 4) is 11.1 Å². The van der Waals surface area contributed by atoms with E-state index in [9.17, 15) is 4.79 Å². The molecule has 0 saturated carbocycles. The zero-order valence-corrected chi connectivity index (χ0v) is 17.2. The van der Waals surface area contributed by atoms with Crippen LogP contribution in [0.4, 0.5) is 0 Å². The number of primary amides is 1. The molecule has 1 fully saturated rings. The normalized spacial score (nSPS) is 16.7. The van der Waals surface area contributed by atoms with Gasteiger partial charge >= 0.3 is 0 Å². The van der Waals surface area contributed by atoms with Gasteiger partial charge in [-0.25, -0.2) is 0 Å². The summed E-state index contributed by atoms with van der Waals surface area (Å²) >= 11 is 1.71. The van der Waals surface area contributed by atoms with Gasteiger partial charge in [-0.3, -0.25) is 9.78 Å². The molecule has 30 heavy (non-hydrogen) atoms. The van der Waals surface area contributed by atoms with E-state index in [-0.39, 0.29) is 6.10 Å². The second-order valence-corrected chi connectivity index (χ2v) is 8.38. The number of pyridine rings is 1. The van der Waals surface area contributed by atoms with Gasteiger partial charge in [0, 0.05) is 58.0 Å². The smallest absolute Gasteiger partial charge is 0.248 e. The Morgan fingerprint density at radius 1 is 1.27 bits per heavy atom. The maximum absolute atomic E-state index is 11.8. The van der Waals surface area contributed by atoms with Crippen LogP contribution >= 0.6 is 11.3 Å². The minimum Gasteiger partial charge on any atom is -0.369 e. The Bertz CT molecular complexity index is 1190. The van der Waals surface area contributed by atoms with Crippen LogP contribution in [0.25, 0.3) is 22.0 Å². The number of rotatable bonds is 5. The van der Waals surface area contributed by atoms with E-state index in [2.05, 4.69) is 38.6 Å². The highest BCUT2D eigenvalue weighted by Gasteiger charge is 2.23. The van der Waals surface area contributed by atoms with Gasteiger partial charge in [-0.05, 0) is 29.6 Å². The lowest BCUT2D eigenvalue weighted by atomic mass is 9.99. The summed E-state index contributed by atoms with van der Waals surface area (Å²) in [6, 6.07) is 13.9. The number of nitrogens with one attached hydrogen (secondary N) is 1. The van der Waals surface area contributed by atoms with Crippen molar-refractivity contribution in [3.63, 3.8) is 0 Å². The molecule has 4 heterocycles. The minimum atomic E-state index is -0.425. The van der Waals surface area contributed by atoms with E-state index >= 15 is 0 Å². The van der Waals surface area contributed by atoms with Crippen LogP contribution in [0, 0.1) is 0 Å². The van der Waals surface area contributed by atoms with Gasteiger partial charge in [0.1, 0.15) is 6.10 Å². The average molecular weight is 419 g/mol. The highest BCUT2D eigenvalue weighted by molar-refractivity contribution is 7.09. The monoisotopic (exact) mass is 418 g/mol. The maximum Gasteiger partial charge on any atom is 0.248 e. The van der Waals surface area contributed by atoms with Crippen LogP contribution in [0.5, 0.6) is 0 Å². The molecule has 0 bridgehead atoms. The molecular weight excluding hydrogens is 396 g/mol. The van der Waals surface area contributed by atoms with E-state index in [1.807, 2.05) is 30.5 Å². The number of morpholine rings is 1. The zero-order chi connectivity index (χ0) is 20.5. The van der Waals surface area contributed by atoms with Crippen LogP contribution in [0.2, 0.25) is 0 Å². The van der Waals surface area contributed by atoms with Gasteiger partial charge in [-0.1, -0.05) is 18.2 Å². The first-order valence-corrected chi connectivity index (χ1v) is 10.8. The lowest BCUT2D eigenvalue weighted by Crippen LogP contribution is -2.34. The second-order valence-electron chi connectivity index (χ2n) is 7.35. The molecule has 5 rings (SSSR count). The molecule has 3 N–H and O–H groups in total. The fourth-order valence-corrected chi connectivity index (χ4v) is 4.71. The Morgan fingerprint density at radius 3 is 2.97 bits per heavy atom. The Labute approximate surface area is 178 Å². The summed E-state index contributed by atoms with van der Waals surface area (Å²) in [5.74, 6) is -0.425. The molecule has 152 valence electrons. The van der Waals surface area contributed by atoms with Gasteiger partial charge in [-0.2, -0.15) is 0 Å². The molecule has 7 heteroatoms. The van der Waals surface area contributed by atoms with Gasteiger partial charge < -0.3 is 20.4 Å². The van der Waals surface area contributed by atoms with Gasteiger partial charge in [0.15, 0.2) is 0 Å². The van der Waals surface area contributed by atoms with E-state index in [4.69, 9.17) is 10.5 Å². The molecule has 1 unspecified atom stereocenters.